The SMILES string of the molecule is [2H]c1c([2H])c([2H])c2c(-c3c(-c4ccccc4)ccc4ccccc34)c3c(-c4ccccc4-c4cccc5ccccc45)c([2H])c([2H])c([2H])c3c([2H])c2c1[2H]. The average molecular weight is 591 g/mol. The van der Waals surface area contributed by atoms with Crippen molar-refractivity contribution in [1.29, 1.82) is 0 Å². The summed E-state index contributed by atoms with van der Waals surface area (Å²) in [6.07, 6.45) is 0. The van der Waals surface area contributed by atoms with E-state index in [0.717, 1.165) is 43.8 Å². The maximum atomic E-state index is 9.66. The van der Waals surface area contributed by atoms with Crippen LogP contribution in [0.1, 0.15) is 11.0 Å². The molecule has 9 aromatic rings. The first kappa shape index (κ1) is 19.4. The molecule has 0 unspecified atom stereocenters. The Labute approximate surface area is 280 Å². The van der Waals surface area contributed by atoms with E-state index < -0.39 is 12.1 Å². The lowest BCUT2D eigenvalue weighted by Gasteiger charge is -2.21. The molecule has 0 aliphatic heterocycles. The maximum Gasteiger partial charge on any atom is 0.0636 e. The molecule has 0 fully saturated rings. The third-order valence-corrected chi connectivity index (χ3v) is 8.85. The second kappa shape index (κ2) is 10.9. The Kier molecular flexibility index (Phi) is 4.59. The predicted molar refractivity (Wildman–Crippen MR) is 198 cm³/mol. The molecule has 9 rings (SSSR count). The van der Waals surface area contributed by atoms with Gasteiger partial charge >= 0.3 is 0 Å². The van der Waals surface area contributed by atoms with Crippen LogP contribution in [0.15, 0.2) is 182 Å². The van der Waals surface area contributed by atoms with Gasteiger partial charge in [0.1, 0.15) is 0 Å². The lowest BCUT2D eigenvalue weighted by Crippen LogP contribution is -1.94. The van der Waals surface area contributed by atoms with Crippen molar-refractivity contribution in [3.05, 3.63) is 182 Å². The van der Waals surface area contributed by atoms with Gasteiger partial charge in [-0.1, -0.05) is 176 Å². The second-order valence-electron chi connectivity index (χ2n) is 11.4. The van der Waals surface area contributed by atoms with Crippen LogP contribution < -0.4 is 0 Å². The van der Waals surface area contributed by atoms with E-state index >= 15 is 0 Å². The van der Waals surface area contributed by atoms with Crippen molar-refractivity contribution < 1.29 is 11.0 Å². The van der Waals surface area contributed by atoms with Gasteiger partial charge in [0, 0.05) is 0 Å². The summed E-state index contributed by atoms with van der Waals surface area (Å²) >= 11 is 0. The average Bonchev–Trinajstić information content (AvgIpc) is 3.21. The van der Waals surface area contributed by atoms with Gasteiger partial charge in [0.2, 0.25) is 0 Å². The van der Waals surface area contributed by atoms with E-state index in [2.05, 4.69) is 0 Å². The first-order valence-electron chi connectivity index (χ1n) is 19.3. The Morgan fingerprint density at radius 2 is 0.957 bits per heavy atom. The number of hydrogen-bond acceptors (Lipinski definition) is 0. The molecule has 0 aromatic heterocycles. The molecule has 0 heterocycles. The molecule has 9 aromatic carbocycles. The van der Waals surface area contributed by atoms with E-state index in [9.17, 15) is 6.85 Å². The fourth-order valence-electron chi connectivity index (χ4n) is 6.84. The summed E-state index contributed by atoms with van der Waals surface area (Å²) in [5.41, 5.74) is 5.31. The zero-order chi connectivity index (χ0) is 37.4. The number of fused-ring (bicyclic) bond motifs is 4. The van der Waals surface area contributed by atoms with E-state index in [4.69, 9.17) is 4.11 Å². The Balaban J connectivity index is 1.60. The lowest BCUT2D eigenvalue weighted by molar-refractivity contribution is 1.61. The van der Waals surface area contributed by atoms with Crippen molar-refractivity contribution in [2.24, 2.45) is 0 Å². The van der Waals surface area contributed by atoms with Crippen LogP contribution in [0.2, 0.25) is 0 Å². The summed E-state index contributed by atoms with van der Waals surface area (Å²) in [5.74, 6) is 0. The molecule has 0 N–H and O–H groups in total. The van der Waals surface area contributed by atoms with Gasteiger partial charge in [-0.2, -0.15) is 0 Å². The highest BCUT2D eigenvalue weighted by Crippen LogP contribution is 2.48. The summed E-state index contributed by atoms with van der Waals surface area (Å²) in [4.78, 5) is 0. The van der Waals surface area contributed by atoms with Gasteiger partial charge in [0.05, 0.1) is 11.0 Å². The minimum atomic E-state index is -0.483. The van der Waals surface area contributed by atoms with Gasteiger partial charge in [0.25, 0.3) is 0 Å². The highest BCUT2D eigenvalue weighted by Gasteiger charge is 2.21. The van der Waals surface area contributed by atoms with Crippen molar-refractivity contribution in [3.8, 4) is 44.5 Å². The lowest BCUT2D eigenvalue weighted by atomic mass is 9.81. The summed E-state index contributed by atoms with van der Waals surface area (Å²) in [7, 11) is 0. The molecule has 0 atom stereocenters. The van der Waals surface area contributed by atoms with E-state index in [-0.39, 0.29) is 52.4 Å². The van der Waals surface area contributed by atoms with Crippen molar-refractivity contribution >= 4 is 43.1 Å². The van der Waals surface area contributed by atoms with Crippen LogP contribution in [0.3, 0.4) is 0 Å². The van der Waals surface area contributed by atoms with E-state index in [1.807, 2.05) is 133 Å². The molecule has 46 heavy (non-hydrogen) atoms. The molecule has 0 saturated heterocycles. The first-order chi connectivity index (χ1) is 26.2. The molecule has 0 aliphatic carbocycles. The number of hydrogen-bond donors (Lipinski definition) is 0. The molecule has 0 saturated carbocycles. The van der Waals surface area contributed by atoms with Gasteiger partial charge in [-0.3, -0.25) is 0 Å². The molecular formula is C46H30. The maximum absolute atomic E-state index is 9.66. The van der Waals surface area contributed by atoms with Crippen LogP contribution in [0.25, 0.3) is 87.6 Å². The fourth-order valence-corrected chi connectivity index (χ4v) is 6.84. The van der Waals surface area contributed by atoms with Gasteiger partial charge < -0.3 is 0 Å². The molecule has 0 bridgehead atoms. The Morgan fingerprint density at radius 3 is 1.80 bits per heavy atom. The van der Waals surface area contributed by atoms with Crippen LogP contribution in [0.5, 0.6) is 0 Å². The third kappa shape index (κ3) is 4.23. The van der Waals surface area contributed by atoms with E-state index in [0.29, 0.717) is 27.6 Å². The van der Waals surface area contributed by atoms with Crippen LogP contribution in [-0.2, 0) is 0 Å². The second-order valence-corrected chi connectivity index (χ2v) is 11.4. The Bertz CT molecular complexity index is 3020. The summed E-state index contributed by atoms with van der Waals surface area (Å²) < 4.78 is 74.0. The molecule has 0 nitrogen and oxygen atoms in total. The van der Waals surface area contributed by atoms with Gasteiger partial charge in [-0.15, -0.1) is 0 Å². The predicted octanol–water partition coefficient (Wildman–Crippen LogP) is 13.0. The van der Waals surface area contributed by atoms with Crippen molar-refractivity contribution in [2.45, 2.75) is 0 Å². The topological polar surface area (TPSA) is 0 Å². The monoisotopic (exact) mass is 590 g/mol. The van der Waals surface area contributed by atoms with Crippen LogP contribution in [0, 0.1) is 0 Å². The Hall–Kier alpha value is -5.98. The third-order valence-electron chi connectivity index (χ3n) is 8.85. The normalized spacial score (nSPS) is 13.9. The largest absolute Gasteiger partial charge is 0.0636 e. The zero-order valence-electron chi connectivity index (χ0n) is 32.7. The smallest absolute Gasteiger partial charge is 0.0622 e. The molecule has 0 aliphatic rings. The van der Waals surface area contributed by atoms with Crippen LogP contribution in [0.4, 0.5) is 0 Å². The van der Waals surface area contributed by atoms with Gasteiger partial charge in [-0.25, -0.2) is 0 Å². The summed E-state index contributed by atoms with van der Waals surface area (Å²) in [6.45, 7) is 0. The molecule has 0 heteroatoms. The highest BCUT2D eigenvalue weighted by atomic mass is 14.2. The molecular weight excluding hydrogens is 553 g/mol. The molecule has 0 amide bonds. The standard InChI is InChI=1S/C46H30/c1-2-14-32(15-3-1)39-29-28-33-17-5-8-22-37(33)45(39)46-38-23-9-6-18-34(38)30-35-20-13-27-43(44(35)46)42-25-11-10-24-41(42)40-26-12-19-31-16-4-7-21-36(31)40/h1-30H/i6D,9D,13D,18D,20D,23D,27D,30D. The van der Waals surface area contributed by atoms with Crippen LogP contribution >= 0.6 is 0 Å². The molecule has 0 spiro atoms. The summed E-state index contributed by atoms with van der Waals surface area (Å²) in [6, 6.07) is 40.5. The van der Waals surface area contributed by atoms with E-state index in [1.165, 1.54) is 0 Å². The number of benzene rings is 9. The number of rotatable bonds is 4. The Morgan fingerprint density at radius 1 is 0.326 bits per heavy atom. The van der Waals surface area contributed by atoms with Gasteiger partial charge in [0.15, 0.2) is 0 Å². The molecule has 0 radical (unpaired) electrons. The summed E-state index contributed by atoms with van der Waals surface area (Å²) in [5, 5.41) is 4.18. The quantitative estimate of drug-likeness (QED) is 0.179. The first-order valence-corrected chi connectivity index (χ1v) is 15.3. The fraction of sp³-hybridized carbons (Fsp3) is 0. The van der Waals surface area contributed by atoms with Gasteiger partial charge in [-0.05, 0) is 93.6 Å². The van der Waals surface area contributed by atoms with Crippen molar-refractivity contribution in [3.63, 3.8) is 0 Å². The van der Waals surface area contributed by atoms with Crippen molar-refractivity contribution in [2.75, 3.05) is 0 Å². The van der Waals surface area contributed by atoms with Crippen LogP contribution in [-0.4, -0.2) is 0 Å². The minimum Gasteiger partial charge on any atom is -0.0622 e. The highest BCUT2D eigenvalue weighted by molar-refractivity contribution is 6.23. The zero-order valence-corrected chi connectivity index (χ0v) is 24.7. The molecule has 214 valence electrons. The minimum absolute atomic E-state index is 0.0330. The van der Waals surface area contributed by atoms with Crippen molar-refractivity contribution in [1.82, 2.24) is 0 Å². The van der Waals surface area contributed by atoms with E-state index in [1.54, 1.807) is 0 Å².